The van der Waals surface area contributed by atoms with E-state index in [0.717, 1.165) is 30.6 Å². The van der Waals surface area contributed by atoms with Crippen LogP contribution in [0.4, 0.5) is 0 Å². The molecule has 1 fully saturated rings. The Bertz CT molecular complexity index is 671. The maximum absolute atomic E-state index is 12.7. The second-order valence-electron chi connectivity index (χ2n) is 6.23. The monoisotopic (exact) mass is 314 g/mol. The Morgan fingerprint density at radius 3 is 2.96 bits per heavy atom. The fraction of sp³-hybridized carbons (Fsp3) is 0.500. The van der Waals surface area contributed by atoms with Crippen LogP contribution < -0.4 is 0 Å². The molecule has 2 heterocycles. The molecule has 0 radical (unpaired) electrons. The van der Waals surface area contributed by atoms with E-state index in [9.17, 15) is 4.79 Å². The summed E-state index contributed by atoms with van der Waals surface area (Å²) >= 11 is 0. The fourth-order valence-electron chi connectivity index (χ4n) is 3.06. The lowest BCUT2D eigenvalue weighted by atomic mass is 10.0. The van der Waals surface area contributed by atoms with Gasteiger partial charge in [-0.25, -0.2) is 0 Å². The van der Waals surface area contributed by atoms with Gasteiger partial charge in [-0.15, -0.1) is 10.2 Å². The van der Waals surface area contributed by atoms with Crippen molar-refractivity contribution in [1.82, 2.24) is 30.4 Å². The van der Waals surface area contributed by atoms with Crippen LogP contribution in [-0.2, 0) is 4.79 Å². The number of rotatable bonds is 4. The number of H-pyrrole nitrogens is 1. The van der Waals surface area contributed by atoms with Crippen LogP contribution >= 0.6 is 0 Å². The first kappa shape index (κ1) is 15.6. The van der Waals surface area contributed by atoms with Gasteiger partial charge in [0.15, 0.2) is 0 Å². The number of benzene rings is 1. The average molecular weight is 314 g/mol. The number of carbonyl (C=O) groups excluding carboxylic acids is 1. The van der Waals surface area contributed by atoms with Crippen molar-refractivity contribution in [3.8, 4) is 11.4 Å². The van der Waals surface area contributed by atoms with Crippen molar-refractivity contribution in [2.45, 2.75) is 19.4 Å². The van der Waals surface area contributed by atoms with Crippen LogP contribution in [0.5, 0.6) is 0 Å². The number of hydrogen-bond acceptors (Lipinski definition) is 5. The van der Waals surface area contributed by atoms with Crippen LogP contribution in [0.15, 0.2) is 24.3 Å². The van der Waals surface area contributed by atoms with Crippen LogP contribution in [0.2, 0.25) is 0 Å². The van der Waals surface area contributed by atoms with Crippen LogP contribution in [0, 0.1) is 5.92 Å². The third-order valence-corrected chi connectivity index (χ3v) is 4.64. The van der Waals surface area contributed by atoms with E-state index < -0.39 is 0 Å². The molecular weight excluding hydrogens is 292 g/mol. The van der Waals surface area contributed by atoms with Gasteiger partial charge >= 0.3 is 0 Å². The number of nitrogens with zero attached hydrogens (tertiary/aromatic N) is 5. The van der Waals surface area contributed by atoms with E-state index in [-0.39, 0.29) is 17.9 Å². The summed E-state index contributed by atoms with van der Waals surface area (Å²) in [4.78, 5) is 16.7. The lowest BCUT2D eigenvalue weighted by Gasteiger charge is -2.28. The first-order valence-electron chi connectivity index (χ1n) is 7.85. The Morgan fingerprint density at radius 1 is 1.48 bits per heavy atom. The predicted octanol–water partition coefficient (Wildman–Crippen LogP) is 1.34. The van der Waals surface area contributed by atoms with Gasteiger partial charge in [-0.05, 0) is 43.8 Å². The minimum Gasteiger partial charge on any atom is -0.339 e. The van der Waals surface area contributed by atoms with Crippen LogP contribution in [-0.4, -0.2) is 63.5 Å². The van der Waals surface area contributed by atoms with E-state index >= 15 is 0 Å². The molecule has 0 saturated carbocycles. The molecule has 3 rings (SSSR count). The van der Waals surface area contributed by atoms with Crippen molar-refractivity contribution in [3.63, 3.8) is 0 Å². The minimum absolute atomic E-state index is 0.000238. The Labute approximate surface area is 135 Å². The lowest BCUT2D eigenvalue weighted by molar-refractivity contribution is -0.135. The molecule has 0 spiro atoms. The zero-order valence-electron chi connectivity index (χ0n) is 13.7. The van der Waals surface area contributed by atoms with Gasteiger partial charge in [-0.3, -0.25) is 4.79 Å². The number of carbonyl (C=O) groups is 1. The summed E-state index contributed by atoms with van der Waals surface area (Å²) in [6, 6.07) is 7.94. The highest BCUT2D eigenvalue weighted by Crippen LogP contribution is 2.26. The Kier molecular flexibility index (Phi) is 4.38. The highest BCUT2D eigenvalue weighted by Gasteiger charge is 2.30. The molecule has 1 N–H and O–H groups in total. The molecule has 1 aliphatic heterocycles. The topological polar surface area (TPSA) is 78.0 Å². The van der Waals surface area contributed by atoms with Gasteiger partial charge in [0.05, 0.1) is 12.0 Å². The van der Waals surface area contributed by atoms with Crippen LogP contribution in [0.25, 0.3) is 11.4 Å². The highest BCUT2D eigenvalue weighted by atomic mass is 16.2. The lowest BCUT2D eigenvalue weighted by Crippen LogP contribution is -2.36. The number of aromatic amines is 1. The quantitative estimate of drug-likeness (QED) is 0.921. The molecule has 2 atom stereocenters. The predicted molar refractivity (Wildman–Crippen MR) is 86.4 cm³/mol. The van der Waals surface area contributed by atoms with Gasteiger partial charge in [-0.1, -0.05) is 18.2 Å². The number of hydrogen-bond donors (Lipinski definition) is 1. The summed E-state index contributed by atoms with van der Waals surface area (Å²) in [5.41, 5.74) is 1.96. The normalized spacial score (nSPS) is 19.7. The summed E-state index contributed by atoms with van der Waals surface area (Å²) in [7, 11) is 3.94. The summed E-state index contributed by atoms with van der Waals surface area (Å²) in [5.74, 6) is 0.880. The SMILES string of the molecule is CC(c1cccc(-c2nn[nH]n2)c1)N(C)C(=O)[C@H]1CCN(C)C1. The summed E-state index contributed by atoms with van der Waals surface area (Å²) in [5, 5.41) is 14.1. The van der Waals surface area contributed by atoms with Gasteiger partial charge < -0.3 is 9.80 Å². The Balaban J connectivity index is 1.76. The molecule has 23 heavy (non-hydrogen) atoms. The number of nitrogens with one attached hydrogen (secondary N) is 1. The summed E-state index contributed by atoms with van der Waals surface area (Å²) in [6.07, 6.45) is 0.940. The third-order valence-electron chi connectivity index (χ3n) is 4.64. The van der Waals surface area contributed by atoms with E-state index in [1.54, 1.807) is 0 Å². The molecule has 2 aromatic rings. The van der Waals surface area contributed by atoms with Crippen molar-refractivity contribution in [3.05, 3.63) is 29.8 Å². The van der Waals surface area contributed by atoms with Crippen molar-refractivity contribution in [2.75, 3.05) is 27.2 Å². The molecule has 1 amide bonds. The first-order valence-corrected chi connectivity index (χ1v) is 7.85. The molecular formula is C16H22N6O. The van der Waals surface area contributed by atoms with Gasteiger partial charge in [0.1, 0.15) is 0 Å². The van der Waals surface area contributed by atoms with Crippen LogP contribution in [0.1, 0.15) is 24.9 Å². The summed E-state index contributed by atoms with van der Waals surface area (Å²) < 4.78 is 0. The van der Waals surface area contributed by atoms with Crippen molar-refractivity contribution >= 4 is 5.91 Å². The Hall–Kier alpha value is -2.28. The number of amides is 1. The van der Waals surface area contributed by atoms with Crippen molar-refractivity contribution < 1.29 is 4.79 Å². The Morgan fingerprint density at radius 2 is 2.30 bits per heavy atom. The molecule has 1 aromatic heterocycles. The highest BCUT2D eigenvalue weighted by molar-refractivity contribution is 5.79. The van der Waals surface area contributed by atoms with Crippen LogP contribution in [0.3, 0.4) is 0 Å². The van der Waals surface area contributed by atoms with Crippen molar-refractivity contribution in [1.29, 1.82) is 0 Å². The maximum atomic E-state index is 12.7. The van der Waals surface area contributed by atoms with E-state index in [0.29, 0.717) is 5.82 Å². The average Bonchev–Trinajstić information content (AvgIpc) is 3.24. The standard InChI is InChI=1S/C16H22N6O/c1-11(22(3)16(23)14-7-8-21(2)10-14)12-5-4-6-13(9-12)15-17-19-20-18-15/h4-6,9,11,14H,7-8,10H2,1-3H3,(H,17,18,19,20)/t11?,14-/m0/s1. The van der Waals surface area contributed by atoms with Crippen molar-refractivity contribution in [2.24, 2.45) is 5.92 Å². The molecule has 7 nitrogen and oxygen atoms in total. The largest absolute Gasteiger partial charge is 0.339 e. The second-order valence-corrected chi connectivity index (χ2v) is 6.23. The fourth-order valence-corrected chi connectivity index (χ4v) is 3.06. The van der Waals surface area contributed by atoms with E-state index in [2.05, 4.69) is 32.6 Å². The molecule has 0 aliphatic carbocycles. The van der Waals surface area contributed by atoms with Gasteiger partial charge in [0.25, 0.3) is 0 Å². The number of likely N-dealkylation sites (tertiary alicyclic amines) is 1. The van der Waals surface area contributed by atoms with E-state index in [1.165, 1.54) is 0 Å². The van der Waals surface area contributed by atoms with Gasteiger partial charge in [0.2, 0.25) is 11.7 Å². The molecule has 1 unspecified atom stereocenters. The summed E-state index contributed by atoms with van der Waals surface area (Å²) in [6.45, 7) is 3.89. The smallest absolute Gasteiger partial charge is 0.227 e. The van der Waals surface area contributed by atoms with Gasteiger partial charge in [-0.2, -0.15) is 5.21 Å². The van der Waals surface area contributed by atoms with E-state index in [1.807, 2.05) is 43.1 Å². The molecule has 122 valence electrons. The molecule has 1 saturated heterocycles. The second kappa shape index (κ2) is 6.45. The zero-order chi connectivity index (χ0) is 16.4. The number of tetrazole rings is 1. The first-order chi connectivity index (χ1) is 11.1. The number of aromatic nitrogens is 4. The zero-order valence-corrected chi connectivity index (χ0v) is 13.7. The molecule has 7 heteroatoms. The molecule has 1 aromatic carbocycles. The van der Waals surface area contributed by atoms with Gasteiger partial charge in [0, 0.05) is 19.2 Å². The molecule has 0 bridgehead atoms. The minimum atomic E-state index is 0.000238. The van der Waals surface area contributed by atoms with E-state index in [4.69, 9.17) is 0 Å². The maximum Gasteiger partial charge on any atom is 0.227 e. The molecule has 1 aliphatic rings. The third kappa shape index (κ3) is 3.24.